The summed E-state index contributed by atoms with van der Waals surface area (Å²) in [5.74, 6) is 0.583. The Hall–Kier alpha value is -4.05. The fraction of sp³-hybridized carbons (Fsp3) is 0.321. The van der Waals surface area contributed by atoms with Crippen LogP contribution in [0.2, 0.25) is 0 Å². The third kappa shape index (κ3) is 5.72. The number of hydrogen-bond donors (Lipinski definition) is 2. The fourth-order valence-electron chi connectivity index (χ4n) is 4.60. The van der Waals surface area contributed by atoms with Crippen molar-refractivity contribution in [3.63, 3.8) is 0 Å². The molecule has 7 nitrogen and oxygen atoms in total. The molecule has 3 N–H and O–H groups in total. The molecule has 0 unspecified atom stereocenters. The highest BCUT2D eigenvalue weighted by Crippen LogP contribution is 2.40. The molecule has 2 amide bonds. The number of hydrogen-bond acceptors (Lipinski definition) is 4. The number of H-pyrrole nitrogens is 1. The van der Waals surface area contributed by atoms with Crippen molar-refractivity contribution in [2.75, 3.05) is 7.11 Å². The molecule has 5 rings (SSSR count). The SMILES string of the molecule is C#C.CC(N)=O.COc1ccc(CN2Cc3cc(-c4n[nH]c5c4CC(C)(C)C5)ccc3C2=O)cc1. The van der Waals surface area contributed by atoms with Crippen LogP contribution in [0, 0.1) is 18.3 Å². The first-order chi connectivity index (χ1) is 16.7. The third-order valence-electron chi connectivity index (χ3n) is 6.05. The second-order valence-electron chi connectivity index (χ2n) is 9.54. The number of nitrogens with two attached hydrogens (primary N) is 1. The van der Waals surface area contributed by atoms with Gasteiger partial charge in [-0.1, -0.05) is 32.0 Å². The average molecular weight is 473 g/mol. The quantitative estimate of drug-likeness (QED) is 0.558. The van der Waals surface area contributed by atoms with E-state index in [4.69, 9.17) is 4.74 Å². The van der Waals surface area contributed by atoms with Crippen molar-refractivity contribution in [2.24, 2.45) is 11.1 Å². The number of terminal acetylenes is 1. The summed E-state index contributed by atoms with van der Waals surface area (Å²) < 4.78 is 5.21. The van der Waals surface area contributed by atoms with Gasteiger partial charge in [-0.3, -0.25) is 14.7 Å². The van der Waals surface area contributed by atoms with E-state index in [0.29, 0.717) is 13.1 Å². The van der Waals surface area contributed by atoms with Gasteiger partial charge in [-0.2, -0.15) is 5.10 Å². The van der Waals surface area contributed by atoms with Gasteiger partial charge < -0.3 is 15.4 Å². The number of carbonyl (C=O) groups excluding carboxylic acids is 2. The Bertz CT molecular complexity index is 1230. The number of rotatable bonds is 4. The number of carbonyl (C=O) groups is 2. The van der Waals surface area contributed by atoms with Crippen LogP contribution in [0.3, 0.4) is 0 Å². The summed E-state index contributed by atoms with van der Waals surface area (Å²) in [6.07, 6.45) is 10.1. The van der Waals surface area contributed by atoms with Gasteiger partial charge in [0.05, 0.1) is 12.8 Å². The van der Waals surface area contributed by atoms with Crippen molar-refractivity contribution in [3.05, 3.63) is 70.4 Å². The predicted octanol–water partition coefficient (Wildman–Crippen LogP) is 4.11. The lowest BCUT2D eigenvalue weighted by Gasteiger charge is -2.16. The van der Waals surface area contributed by atoms with E-state index >= 15 is 0 Å². The molecule has 2 aliphatic rings. The number of fused-ring (bicyclic) bond motifs is 2. The lowest BCUT2D eigenvalue weighted by Crippen LogP contribution is -2.23. The number of primary amides is 1. The summed E-state index contributed by atoms with van der Waals surface area (Å²) in [5, 5.41) is 7.82. The molecule has 0 fully saturated rings. The van der Waals surface area contributed by atoms with Gasteiger partial charge in [0.15, 0.2) is 0 Å². The summed E-state index contributed by atoms with van der Waals surface area (Å²) in [6, 6.07) is 14.0. The molecule has 1 aromatic heterocycles. The first kappa shape index (κ1) is 25.6. The number of aromatic nitrogens is 2. The van der Waals surface area contributed by atoms with Crippen LogP contribution in [-0.4, -0.2) is 34.0 Å². The van der Waals surface area contributed by atoms with Crippen molar-refractivity contribution in [1.29, 1.82) is 0 Å². The number of amides is 2. The number of ether oxygens (including phenoxy) is 1. The number of nitrogens with one attached hydrogen (secondary N) is 1. The van der Waals surface area contributed by atoms with E-state index in [2.05, 4.69) is 48.7 Å². The maximum absolute atomic E-state index is 12.9. The molecule has 35 heavy (non-hydrogen) atoms. The zero-order valence-corrected chi connectivity index (χ0v) is 20.7. The van der Waals surface area contributed by atoms with Crippen LogP contribution in [-0.2, 0) is 30.7 Å². The van der Waals surface area contributed by atoms with Crippen LogP contribution in [0.4, 0.5) is 0 Å². The van der Waals surface area contributed by atoms with Crippen LogP contribution < -0.4 is 10.5 Å². The molecule has 7 heteroatoms. The van der Waals surface area contributed by atoms with Crippen molar-refractivity contribution < 1.29 is 14.3 Å². The monoisotopic (exact) mass is 472 g/mol. The minimum atomic E-state index is -0.333. The summed E-state index contributed by atoms with van der Waals surface area (Å²) in [7, 11) is 1.66. The molecule has 2 aromatic carbocycles. The highest BCUT2D eigenvalue weighted by Gasteiger charge is 2.33. The third-order valence-corrected chi connectivity index (χ3v) is 6.05. The Morgan fingerprint density at radius 2 is 1.83 bits per heavy atom. The molecule has 0 saturated carbocycles. The van der Waals surface area contributed by atoms with Gasteiger partial charge in [0.2, 0.25) is 5.91 Å². The largest absolute Gasteiger partial charge is 0.497 e. The molecule has 0 spiro atoms. The molecule has 0 radical (unpaired) electrons. The van der Waals surface area contributed by atoms with E-state index in [0.717, 1.165) is 46.5 Å². The predicted molar refractivity (Wildman–Crippen MR) is 137 cm³/mol. The topological polar surface area (TPSA) is 101 Å². The Morgan fingerprint density at radius 1 is 1.17 bits per heavy atom. The molecule has 182 valence electrons. The van der Waals surface area contributed by atoms with Gasteiger partial charge in [-0.15, -0.1) is 12.8 Å². The Morgan fingerprint density at radius 3 is 2.46 bits per heavy atom. The highest BCUT2D eigenvalue weighted by molar-refractivity contribution is 5.99. The lowest BCUT2D eigenvalue weighted by molar-refractivity contribution is -0.115. The molecule has 3 aromatic rings. The average Bonchev–Trinajstić information content (AvgIpc) is 3.44. The van der Waals surface area contributed by atoms with Crippen LogP contribution in [0.5, 0.6) is 5.75 Å². The highest BCUT2D eigenvalue weighted by atomic mass is 16.5. The van der Waals surface area contributed by atoms with Gasteiger partial charge in [0, 0.05) is 42.4 Å². The Kier molecular flexibility index (Phi) is 7.65. The second-order valence-corrected chi connectivity index (χ2v) is 9.54. The number of benzene rings is 2. The maximum Gasteiger partial charge on any atom is 0.254 e. The van der Waals surface area contributed by atoms with E-state index in [9.17, 15) is 9.59 Å². The van der Waals surface area contributed by atoms with Crippen LogP contribution in [0.1, 0.15) is 53.5 Å². The van der Waals surface area contributed by atoms with Crippen LogP contribution in [0.15, 0.2) is 42.5 Å². The first-order valence-electron chi connectivity index (χ1n) is 11.4. The second kappa shape index (κ2) is 10.5. The van der Waals surface area contributed by atoms with E-state index in [1.165, 1.54) is 18.2 Å². The van der Waals surface area contributed by atoms with Crippen LogP contribution >= 0.6 is 0 Å². The van der Waals surface area contributed by atoms with Gasteiger partial charge in [0.25, 0.3) is 5.91 Å². The summed E-state index contributed by atoms with van der Waals surface area (Å²) in [5.41, 5.74) is 12.4. The standard InChI is InChI=1S/C24H25N3O2.C2H5NO.C2H2/c1-24(2)11-20-21(12-24)25-26-22(20)16-6-9-19-17(10-16)14-27(23(19)28)13-15-4-7-18(29-3)8-5-15;1-2(3)4;1-2/h4-10H,11-14H2,1-3H3,(H,25,26);1H3,(H2,3,4);1-2H. The molecular weight excluding hydrogens is 440 g/mol. The van der Waals surface area contributed by atoms with E-state index in [1.54, 1.807) is 7.11 Å². The van der Waals surface area contributed by atoms with Gasteiger partial charge in [0.1, 0.15) is 5.75 Å². The molecule has 0 saturated heterocycles. The zero-order chi connectivity index (χ0) is 25.8. The fourth-order valence-corrected chi connectivity index (χ4v) is 4.60. The molecule has 2 heterocycles. The first-order valence-corrected chi connectivity index (χ1v) is 11.4. The van der Waals surface area contributed by atoms with Gasteiger partial charge in [-0.25, -0.2) is 0 Å². The summed E-state index contributed by atoms with van der Waals surface area (Å²) >= 11 is 0. The van der Waals surface area contributed by atoms with Crippen molar-refractivity contribution in [3.8, 4) is 29.9 Å². The zero-order valence-electron chi connectivity index (χ0n) is 20.7. The number of aromatic amines is 1. The molecular formula is C28H32N4O3. The van der Waals surface area contributed by atoms with E-state index in [-0.39, 0.29) is 17.2 Å². The number of nitrogens with zero attached hydrogens (tertiary/aromatic N) is 2. The molecule has 1 aliphatic carbocycles. The van der Waals surface area contributed by atoms with Crippen molar-refractivity contribution in [2.45, 2.75) is 46.7 Å². The minimum Gasteiger partial charge on any atom is -0.497 e. The molecule has 1 aliphatic heterocycles. The van der Waals surface area contributed by atoms with E-state index in [1.807, 2.05) is 41.3 Å². The van der Waals surface area contributed by atoms with Gasteiger partial charge >= 0.3 is 0 Å². The summed E-state index contributed by atoms with van der Waals surface area (Å²) in [4.78, 5) is 24.0. The summed E-state index contributed by atoms with van der Waals surface area (Å²) in [6.45, 7) is 7.12. The minimum absolute atomic E-state index is 0.0933. The smallest absolute Gasteiger partial charge is 0.254 e. The van der Waals surface area contributed by atoms with E-state index < -0.39 is 0 Å². The van der Waals surface area contributed by atoms with Crippen molar-refractivity contribution in [1.82, 2.24) is 15.1 Å². The Labute approximate surface area is 206 Å². The molecule has 0 atom stereocenters. The lowest BCUT2D eigenvalue weighted by atomic mass is 9.90. The van der Waals surface area contributed by atoms with Crippen LogP contribution in [0.25, 0.3) is 11.3 Å². The maximum atomic E-state index is 12.9. The Balaban J connectivity index is 0.000000521. The number of methoxy groups -OCH3 is 1. The van der Waals surface area contributed by atoms with Gasteiger partial charge in [-0.05, 0) is 53.6 Å². The van der Waals surface area contributed by atoms with Crippen molar-refractivity contribution >= 4 is 11.8 Å². The molecule has 0 bridgehead atoms. The normalized spacial score (nSPS) is 14.7.